The average molecular weight is 291 g/mol. The van der Waals surface area contributed by atoms with Crippen LogP contribution in [-0.2, 0) is 19.6 Å². The van der Waals surface area contributed by atoms with E-state index in [4.69, 9.17) is 0 Å². The Morgan fingerprint density at radius 2 is 2.05 bits per heavy atom. The Labute approximate surface area is 113 Å². The predicted molar refractivity (Wildman–Crippen MR) is 70.8 cm³/mol. The molecule has 0 bridgehead atoms. The molecule has 110 valence electrons. The van der Waals surface area contributed by atoms with Crippen LogP contribution in [0.1, 0.15) is 19.8 Å². The van der Waals surface area contributed by atoms with E-state index in [9.17, 15) is 18.0 Å². The fourth-order valence-corrected chi connectivity index (χ4v) is 2.58. The van der Waals surface area contributed by atoms with E-state index < -0.39 is 10.0 Å². The van der Waals surface area contributed by atoms with Gasteiger partial charge in [-0.1, -0.05) is 0 Å². The van der Waals surface area contributed by atoms with E-state index in [1.807, 2.05) is 0 Å². The van der Waals surface area contributed by atoms with Crippen LogP contribution in [0.5, 0.6) is 0 Å². The van der Waals surface area contributed by atoms with Crippen LogP contribution in [0.25, 0.3) is 0 Å². The van der Waals surface area contributed by atoms with Crippen LogP contribution in [-0.4, -0.2) is 57.6 Å². The van der Waals surface area contributed by atoms with Gasteiger partial charge in [-0.3, -0.25) is 9.59 Å². The maximum absolute atomic E-state index is 11.8. The third-order valence-corrected chi connectivity index (χ3v) is 3.69. The van der Waals surface area contributed by atoms with Gasteiger partial charge in [0.15, 0.2) is 0 Å². The van der Waals surface area contributed by atoms with Crippen LogP contribution in [0, 0.1) is 5.92 Å². The molecule has 1 atom stereocenters. The minimum absolute atomic E-state index is 0.00155. The summed E-state index contributed by atoms with van der Waals surface area (Å²) in [6.07, 6.45) is 2.86. The number of carbonyl (C=O) groups is 2. The number of sulfonamides is 1. The Morgan fingerprint density at radius 1 is 1.37 bits per heavy atom. The number of carbonyl (C=O) groups excluding carboxylic acids is 2. The van der Waals surface area contributed by atoms with Crippen LogP contribution in [0.15, 0.2) is 0 Å². The molecule has 0 aromatic heterocycles. The zero-order chi connectivity index (χ0) is 14.5. The molecule has 0 aromatic rings. The SMILES string of the molecule is CC(=O)NCC(=O)N1CCC[C@H](CNS(C)(=O)=O)C1. The molecule has 2 amide bonds. The Bertz CT molecular complexity index is 435. The van der Waals surface area contributed by atoms with Crippen molar-refractivity contribution in [2.24, 2.45) is 5.92 Å². The highest BCUT2D eigenvalue weighted by atomic mass is 32.2. The number of hydrogen-bond acceptors (Lipinski definition) is 4. The molecule has 1 heterocycles. The summed E-state index contributed by atoms with van der Waals surface area (Å²) in [4.78, 5) is 24.2. The molecule has 1 rings (SSSR count). The average Bonchev–Trinajstić information content (AvgIpc) is 2.33. The second-order valence-electron chi connectivity index (χ2n) is 4.88. The topological polar surface area (TPSA) is 95.6 Å². The molecule has 1 aliphatic rings. The van der Waals surface area contributed by atoms with E-state index in [1.165, 1.54) is 6.92 Å². The Hall–Kier alpha value is -1.15. The van der Waals surface area contributed by atoms with Gasteiger partial charge in [-0.05, 0) is 18.8 Å². The molecule has 19 heavy (non-hydrogen) atoms. The molecular formula is C11H21N3O4S. The van der Waals surface area contributed by atoms with Gasteiger partial charge in [0.1, 0.15) is 0 Å². The van der Waals surface area contributed by atoms with E-state index in [1.54, 1.807) is 4.90 Å². The molecule has 0 radical (unpaired) electrons. The highest BCUT2D eigenvalue weighted by Crippen LogP contribution is 2.15. The third kappa shape index (κ3) is 6.53. The van der Waals surface area contributed by atoms with Crippen LogP contribution in [0.4, 0.5) is 0 Å². The van der Waals surface area contributed by atoms with Crippen LogP contribution < -0.4 is 10.0 Å². The van der Waals surface area contributed by atoms with Crippen LogP contribution in [0.2, 0.25) is 0 Å². The molecule has 1 aliphatic heterocycles. The van der Waals surface area contributed by atoms with Crippen molar-refractivity contribution in [2.45, 2.75) is 19.8 Å². The van der Waals surface area contributed by atoms with Gasteiger partial charge in [-0.15, -0.1) is 0 Å². The number of piperidine rings is 1. The fraction of sp³-hybridized carbons (Fsp3) is 0.818. The Kier molecular flexibility index (Phi) is 5.74. The first-order valence-corrected chi connectivity index (χ1v) is 8.14. The molecule has 8 heteroatoms. The highest BCUT2D eigenvalue weighted by Gasteiger charge is 2.24. The standard InChI is InChI=1S/C11H21N3O4S/c1-9(15)12-7-11(16)14-5-3-4-10(8-14)6-13-19(2,17)18/h10,13H,3-8H2,1-2H3,(H,12,15)/t10-/m1/s1. The first-order chi connectivity index (χ1) is 8.78. The van der Waals surface area contributed by atoms with Crippen molar-refractivity contribution < 1.29 is 18.0 Å². The highest BCUT2D eigenvalue weighted by molar-refractivity contribution is 7.88. The first kappa shape index (κ1) is 15.9. The minimum atomic E-state index is -3.19. The second-order valence-corrected chi connectivity index (χ2v) is 6.71. The smallest absolute Gasteiger partial charge is 0.241 e. The molecule has 0 saturated carbocycles. The summed E-state index contributed by atoms with van der Waals surface area (Å²) < 4.78 is 24.5. The van der Waals surface area contributed by atoms with E-state index >= 15 is 0 Å². The summed E-state index contributed by atoms with van der Waals surface area (Å²) in [5, 5.41) is 2.47. The summed E-state index contributed by atoms with van der Waals surface area (Å²) in [5.74, 6) is -0.232. The normalized spacial score (nSPS) is 20.1. The lowest BCUT2D eigenvalue weighted by Crippen LogP contribution is -2.46. The van der Waals surface area contributed by atoms with E-state index in [-0.39, 0.29) is 24.3 Å². The number of likely N-dealkylation sites (tertiary alicyclic amines) is 1. The number of hydrogen-bond donors (Lipinski definition) is 2. The van der Waals surface area contributed by atoms with E-state index in [0.29, 0.717) is 19.6 Å². The number of nitrogens with one attached hydrogen (secondary N) is 2. The van der Waals surface area contributed by atoms with Crippen molar-refractivity contribution >= 4 is 21.8 Å². The lowest BCUT2D eigenvalue weighted by molar-refractivity contribution is -0.134. The van der Waals surface area contributed by atoms with Gasteiger partial charge in [0.2, 0.25) is 21.8 Å². The van der Waals surface area contributed by atoms with Gasteiger partial charge in [0.05, 0.1) is 12.8 Å². The van der Waals surface area contributed by atoms with Gasteiger partial charge in [0.25, 0.3) is 0 Å². The van der Waals surface area contributed by atoms with Crippen molar-refractivity contribution in [3.05, 3.63) is 0 Å². The molecule has 0 spiro atoms. The lowest BCUT2D eigenvalue weighted by atomic mass is 9.98. The fourth-order valence-electron chi connectivity index (χ4n) is 2.04. The largest absolute Gasteiger partial charge is 0.347 e. The minimum Gasteiger partial charge on any atom is -0.347 e. The van der Waals surface area contributed by atoms with Gasteiger partial charge >= 0.3 is 0 Å². The van der Waals surface area contributed by atoms with Crippen LogP contribution >= 0.6 is 0 Å². The lowest BCUT2D eigenvalue weighted by Gasteiger charge is -2.32. The molecule has 0 aromatic carbocycles. The first-order valence-electron chi connectivity index (χ1n) is 6.25. The number of nitrogens with zero attached hydrogens (tertiary/aromatic N) is 1. The number of amides is 2. The predicted octanol–water partition coefficient (Wildman–Crippen LogP) is -1.09. The summed E-state index contributed by atoms with van der Waals surface area (Å²) in [7, 11) is -3.19. The molecule has 0 aliphatic carbocycles. The monoisotopic (exact) mass is 291 g/mol. The maximum atomic E-state index is 11.8. The van der Waals surface area contributed by atoms with Crippen molar-refractivity contribution in [3.63, 3.8) is 0 Å². The van der Waals surface area contributed by atoms with Gasteiger partial charge < -0.3 is 10.2 Å². The summed E-state index contributed by atoms with van der Waals surface area (Å²) >= 11 is 0. The van der Waals surface area contributed by atoms with E-state index in [2.05, 4.69) is 10.0 Å². The van der Waals surface area contributed by atoms with Crippen LogP contribution in [0.3, 0.4) is 0 Å². The van der Waals surface area contributed by atoms with E-state index in [0.717, 1.165) is 19.1 Å². The molecule has 0 unspecified atom stereocenters. The van der Waals surface area contributed by atoms with Crippen molar-refractivity contribution in [3.8, 4) is 0 Å². The summed E-state index contributed by atoms with van der Waals surface area (Å²) in [5.41, 5.74) is 0. The van der Waals surface area contributed by atoms with Gasteiger partial charge in [-0.2, -0.15) is 0 Å². The zero-order valence-electron chi connectivity index (χ0n) is 11.3. The quantitative estimate of drug-likeness (QED) is 0.673. The van der Waals surface area contributed by atoms with Crippen molar-refractivity contribution in [2.75, 3.05) is 32.4 Å². The maximum Gasteiger partial charge on any atom is 0.241 e. The zero-order valence-corrected chi connectivity index (χ0v) is 12.1. The summed E-state index contributed by atoms with van der Waals surface area (Å²) in [6, 6.07) is 0. The van der Waals surface area contributed by atoms with Gasteiger partial charge in [0, 0.05) is 26.6 Å². The summed E-state index contributed by atoms with van der Waals surface area (Å²) in [6.45, 7) is 2.90. The molecule has 7 nitrogen and oxygen atoms in total. The Balaban J connectivity index is 2.41. The number of rotatable bonds is 5. The second kappa shape index (κ2) is 6.85. The molecule has 1 saturated heterocycles. The van der Waals surface area contributed by atoms with Crippen molar-refractivity contribution in [1.82, 2.24) is 14.9 Å². The molecule has 2 N–H and O–H groups in total. The Morgan fingerprint density at radius 3 is 2.63 bits per heavy atom. The molecule has 1 fully saturated rings. The van der Waals surface area contributed by atoms with Crippen molar-refractivity contribution in [1.29, 1.82) is 0 Å². The molecular weight excluding hydrogens is 270 g/mol. The van der Waals surface area contributed by atoms with Gasteiger partial charge in [-0.25, -0.2) is 13.1 Å². The third-order valence-electron chi connectivity index (χ3n) is 2.99.